The van der Waals surface area contributed by atoms with Gasteiger partial charge in [-0.05, 0) is 85.6 Å². The molecule has 230 valence electrons. The van der Waals surface area contributed by atoms with Gasteiger partial charge in [0, 0.05) is 11.6 Å². The largest absolute Gasteiger partial charge is 0.493 e. The first kappa shape index (κ1) is 31.7. The monoisotopic (exact) mass is 620 g/mol. The van der Waals surface area contributed by atoms with Gasteiger partial charge in [-0.2, -0.15) is 26.3 Å². The second kappa shape index (κ2) is 12.1. The molecular formula is C30H22F6N2O6. The summed E-state index contributed by atoms with van der Waals surface area (Å²) in [6.45, 7) is 3.70. The van der Waals surface area contributed by atoms with Gasteiger partial charge in [-0.3, -0.25) is 14.9 Å². The highest BCUT2D eigenvalue weighted by atomic mass is 19.4. The Balaban J connectivity index is 1.64. The van der Waals surface area contributed by atoms with E-state index >= 15 is 0 Å². The summed E-state index contributed by atoms with van der Waals surface area (Å²) in [5, 5.41) is 13.8. The summed E-state index contributed by atoms with van der Waals surface area (Å²) >= 11 is 0. The fourth-order valence-electron chi connectivity index (χ4n) is 3.93. The molecule has 0 fully saturated rings. The Morgan fingerprint density at radius 1 is 0.727 bits per heavy atom. The molecule has 0 aliphatic heterocycles. The molecule has 4 aromatic carbocycles. The topological polar surface area (TPSA) is 99.9 Å². The zero-order valence-electron chi connectivity index (χ0n) is 23.1. The Morgan fingerprint density at radius 2 is 1.34 bits per heavy atom. The number of hydrogen-bond donors (Lipinski definition) is 1. The highest BCUT2D eigenvalue weighted by Gasteiger charge is 2.34. The summed E-state index contributed by atoms with van der Waals surface area (Å²) in [7, 11) is 1.17. The number of benzene rings is 4. The first-order valence-electron chi connectivity index (χ1n) is 12.6. The van der Waals surface area contributed by atoms with Crippen LogP contribution in [0, 0.1) is 24.0 Å². The second-order valence-corrected chi connectivity index (χ2v) is 9.42. The minimum Gasteiger partial charge on any atom is -0.493 e. The smallest absolute Gasteiger partial charge is 0.416 e. The quantitative estimate of drug-likeness (QED) is 0.120. The molecule has 14 heteroatoms. The van der Waals surface area contributed by atoms with Crippen molar-refractivity contribution < 1.29 is 50.3 Å². The first-order chi connectivity index (χ1) is 20.6. The fourth-order valence-corrected chi connectivity index (χ4v) is 3.93. The van der Waals surface area contributed by atoms with Crippen LogP contribution in [-0.4, -0.2) is 17.9 Å². The van der Waals surface area contributed by atoms with Crippen molar-refractivity contribution in [3.05, 3.63) is 111 Å². The number of nitrogens with zero attached hydrogens (tertiary/aromatic N) is 1. The summed E-state index contributed by atoms with van der Waals surface area (Å²) in [6, 6.07) is 12.8. The van der Waals surface area contributed by atoms with Gasteiger partial charge < -0.3 is 19.5 Å². The lowest BCUT2D eigenvalue weighted by molar-refractivity contribution is -0.385. The van der Waals surface area contributed by atoms with E-state index in [9.17, 15) is 41.3 Å². The van der Waals surface area contributed by atoms with Crippen LogP contribution in [0.3, 0.4) is 0 Å². The average Bonchev–Trinajstić information content (AvgIpc) is 2.95. The SMILES string of the molecule is COc1cc(C(=O)Nc2cc(C(F)(F)F)ccc2Oc2ccc(C)c(C)c2)ccc1Oc1ccc(C(F)(F)F)cc1[N+](=O)[O-]. The van der Waals surface area contributed by atoms with Crippen molar-refractivity contribution in [2.75, 3.05) is 12.4 Å². The van der Waals surface area contributed by atoms with E-state index in [4.69, 9.17) is 14.2 Å². The molecule has 1 N–H and O–H groups in total. The van der Waals surface area contributed by atoms with Crippen LogP contribution in [-0.2, 0) is 12.4 Å². The van der Waals surface area contributed by atoms with Gasteiger partial charge in [0.15, 0.2) is 17.2 Å². The van der Waals surface area contributed by atoms with Crippen molar-refractivity contribution in [3.8, 4) is 28.7 Å². The maximum Gasteiger partial charge on any atom is 0.416 e. The molecule has 0 atom stereocenters. The fraction of sp³-hybridized carbons (Fsp3) is 0.167. The summed E-state index contributed by atoms with van der Waals surface area (Å²) in [6.07, 6.45) is -9.55. The highest BCUT2D eigenvalue weighted by molar-refractivity contribution is 6.05. The van der Waals surface area contributed by atoms with Crippen LogP contribution in [0.5, 0.6) is 28.7 Å². The number of halogens is 6. The number of aryl methyl sites for hydroxylation is 2. The number of hydrogen-bond acceptors (Lipinski definition) is 6. The third kappa shape index (κ3) is 7.19. The van der Waals surface area contributed by atoms with Gasteiger partial charge in [-0.15, -0.1) is 0 Å². The van der Waals surface area contributed by atoms with E-state index in [1.54, 1.807) is 18.2 Å². The number of carbonyl (C=O) groups excluding carboxylic acids is 1. The maximum absolute atomic E-state index is 13.5. The molecular weight excluding hydrogens is 598 g/mol. The predicted octanol–water partition coefficient (Wildman–Crippen LogP) is 9.09. The van der Waals surface area contributed by atoms with Crippen molar-refractivity contribution in [1.29, 1.82) is 0 Å². The minimum absolute atomic E-state index is 0.0730. The number of rotatable bonds is 8. The molecule has 0 aliphatic carbocycles. The van der Waals surface area contributed by atoms with E-state index in [2.05, 4.69) is 5.32 Å². The van der Waals surface area contributed by atoms with Gasteiger partial charge in [-0.1, -0.05) is 6.07 Å². The molecule has 0 spiro atoms. The molecule has 8 nitrogen and oxygen atoms in total. The number of amides is 1. The molecule has 0 unspecified atom stereocenters. The van der Waals surface area contributed by atoms with Crippen LogP contribution in [0.2, 0.25) is 0 Å². The molecule has 0 aromatic heterocycles. The number of nitro groups is 1. The Labute approximate surface area is 245 Å². The van der Waals surface area contributed by atoms with Crippen LogP contribution in [0.1, 0.15) is 32.6 Å². The molecule has 0 radical (unpaired) electrons. The lowest BCUT2D eigenvalue weighted by Gasteiger charge is -2.16. The standard InChI is InChI=1S/C30H22F6N2O6/c1-16-4-8-21(12-17(16)2)43-24-10-6-19(29(31,32)33)14-22(24)37-28(39)18-5-9-26(27(13-18)42-3)44-25-11-7-20(30(34,35)36)15-23(25)38(40)41/h4-15H,1-3H3,(H,37,39). The molecule has 1 amide bonds. The molecule has 0 saturated carbocycles. The Hall–Kier alpha value is -5.27. The van der Waals surface area contributed by atoms with E-state index in [1.807, 2.05) is 13.8 Å². The first-order valence-corrected chi connectivity index (χ1v) is 12.6. The average molecular weight is 621 g/mol. The summed E-state index contributed by atoms with van der Waals surface area (Å²) in [5.74, 6) is -1.50. The van der Waals surface area contributed by atoms with E-state index < -0.39 is 45.7 Å². The number of methoxy groups -OCH3 is 1. The third-order valence-corrected chi connectivity index (χ3v) is 6.39. The molecule has 0 bridgehead atoms. The van der Waals surface area contributed by atoms with Crippen LogP contribution in [0.25, 0.3) is 0 Å². The normalized spacial score (nSPS) is 11.6. The van der Waals surface area contributed by atoms with E-state index in [-0.39, 0.29) is 28.5 Å². The van der Waals surface area contributed by atoms with Gasteiger partial charge in [0.25, 0.3) is 5.91 Å². The lowest BCUT2D eigenvalue weighted by Crippen LogP contribution is -2.14. The molecule has 4 aromatic rings. The van der Waals surface area contributed by atoms with Crippen LogP contribution in [0.15, 0.2) is 72.8 Å². The van der Waals surface area contributed by atoms with Crippen molar-refractivity contribution in [2.45, 2.75) is 26.2 Å². The number of nitro benzene ring substituents is 1. The Morgan fingerprint density at radius 3 is 1.93 bits per heavy atom. The molecule has 0 aliphatic rings. The number of nitrogens with one attached hydrogen (secondary N) is 1. The van der Waals surface area contributed by atoms with Gasteiger partial charge in [0.05, 0.1) is 28.8 Å². The number of anilines is 1. The van der Waals surface area contributed by atoms with Crippen LogP contribution >= 0.6 is 0 Å². The Kier molecular flexibility index (Phi) is 8.74. The molecule has 4 rings (SSSR count). The predicted molar refractivity (Wildman–Crippen MR) is 147 cm³/mol. The van der Waals surface area contributed by atoms with Crippen molar-refractivity contribution >= 4 is 17.3 Å². The van der Waals surface area contributed by atoms with E-state index in [0.29, 0.717) is 23.9 Å². The zero-order valence-corrected chi connectivity index (χ0v) is 23.1. The van der Waals surface area contributed by atoms with Gasteiger partial charge >= 0.3 is 18.0 Å². The summed E-state index contributed by atoms with van der Waals surface area (Å²) in [5.41, 5.74) is -1.84. The summed E-state index contributed by atoms with van der Waals surface area (Å²) < 4.78 is 96.0. The van der Waals surface area contributed by atoms with E-state index in [1.165, 1.54) is 13.2 Å². The van der Waals surface area contributed by atoms with Crippen molar-refractivity contribution in [3.63, 3.8) is 0 Å². The maximum atomic E-state index is 13.5. The van der Waals surface area contributed by atoms with Crippen LogP contribution in [0.4, 0.5) is 37.7 Å². The number of ether oxygens (including phenoxy) is 3. The van der Waals surface area contributed by atoms with Gasteiger partial charge in [0.2, 0.25) is 5.75 Å². The lowest BCUT2D eigenvalue weighted by atomic mass is 10.1. The number of carbonyl (C=O) groups is 1. The molecule has 0 saturated heterocycles. The number of alkyl halides is 6. The van der Waals surface area contributed by atoms with E-state index in [0.717, 1.165) is 41.5 Å². The van der Waals surface area contributed by atoms with Gasteiger partial charge in [-0.25, -0.2) is 0 Å². The zero-order chi connectivity index (χ0) is 32.4. The molecule has 44 heavy (non-hydrogen) atoms. The summed E-state index contributed by atoms with van der Waals surface area (Å²) in [4.78, 5) is 23.5. The van der Waals surface area contributed by atoms with Crippen molar-refractivity contribution in [2.24, 2.45) is 0 Å². The van der Waals surface area contributed by atoms with Gasteiger partial charge in [0.1, 0.15) is 5.75 Å². The second-order valence-electron chi connectivity index (χ2n) is 9.42. The highest BCUT2D eigenvalue weighted by Crippen LogP contribution is 2.41. The third-order valence-electron chi connectivity index (χ3n) is 6.39. The minimum atomic E-state index is -4.83. The Bertz CT molecular complexity index is 1740. The van der Waals surface area contributed by atoms with Crippen molar-refractivity contribution in [1.82, 2.24) is 0 Å². The van der Waals surface area contributed by atoms with Crippen LogP contribution < -0.4 is 19.5 Å². The molecule has 0 heterocycles.